The SMILES string of the molecule is COc1ccccc1C1(O)CCN(c2ncc(-c3cnccn3)c(-c3cccs3)n2)CC1. The summed E-state index contributed by atoms with van der Waals surface area (Å²) in [5, 5.41) is 13.4. The monoisotopic (exact) mass is 445 g/mol. The Morgan fingerprint density at radius 3 is 2.59 bits per heavy atom. The average Bonchev–Trinajstić information content (AvgIpc) is 3.40. The van der Waals surface area contributed by atoms with Crippen molar-refractivity contribution in [1.82, 2.24) is 19.9 Å². The van der Waals surface area contributed by atoms with Crippen LogP contribution in [0.3, 0.4) is 0 Å². The molecule has 8 heteroatoms. The third kappa shape index (κ3) is 3.83. The van der Waals surface area contributed by atoms with Crippen molar-refractivity contribution in [3.8, 4) is 27.6 Å². The van der Waals surface area contributed by atoms with Gasteiger partial charge >= 0.3 is 0 Å². The van der Waals surface area contributed by atoms with Crippen LogP contribution in [0, 0.1) is 0 Å². The molecular formula is C24H23N5O2S. The van der Waals surface area contributed by atoms with Gasteiger partial charge in [-0.1, -0.05) is 24.3 Å². The number of benzene rings is 1. The molecule has 0 bridgehead atoms. The minimum Gasteiger partial charge on any atom is -0.496 e. The molecular weight excluding hydrogens is 422 g/mol. The minimum absolute atomic E-state index is 0.566. The number of methoxy groups -OCH3 is 1. The number of para-hydroxylation sites is 1. The van der Waals surface area contributed by atoms with Gasteiger partial charge in [-0.05, 0) is 30.4 Å². The van der Waals surface area contributed by atoms with Crippen molar-refractivity contribution in [3.05, 3.63) is 72.1 Å². The topological polar surface area (TPSA) is 84.3 Å². The van der Waals surface area contributed by atoms with E-state index in [1.165, 1.54) is 0 Å². The summed E-state index contributed by atoms with van der Waals surface area (Å²) in [6.45, 7) is 1.28. The summed E-state index contributed by atoms with van der Waals surface area (Å²) in [5.74, 6) is 1.37. The van der Waals surface area contributed by atoms with Crippen molar-refractivity contribution < 1.29 is 9.84 Å². The summed E-state index contributed by atoms with van der Waals surface area (Å²) in [5.41, 5.74) is 2.34. The Hall–Kier alpha value is -3.36. The standard InChI is InChI=1S/C24H23N5O2S/c1-31-20-6-3-2-5-18(20)24(30)8-12-29(13-9-24)23-27-15-17(19-16-25-10-11-26-19)22(28-23)21-7-4-14-32-21/h2-7,10-11,14-16,30H,8-9,12-13H2,1H3. The molecule has 1 N–H and O–H groups in total. The zero-order valence-electron chi connectivity index (χ0n) is 17.7. The first kappa shape index (κ1) is 20.5. The molecule has 1 aromatic carbocycles. The number of aliphatic hydroxyl groups is 1. The number of hydrogen-bond donors (Lipinski definition) is 1. The second-order valence-electron chi connectivity index (χ2n) is 7.72. The molecule has 3 aromatic heterocycles. The fraction of sp³-hybridized carbons (Fsp3) is 0.250. The van der Waals surface area contributed by atoms with Gasteiger partial charge in [-0.15, -0.1) is 11.3 Å². The predicted molar refractivity (Wildman–Crippen MR) is 125 cm³/mol. The number of nitrogens with zero attached hydrogens (tertiary/aromatic N) is 5. The molecule has 0 unspecified atom stereocenters. The summed E-state index contributed by atoms with van der Waals surface area (Å²) >= 11 is 1.63. The van der Waals surface area contributed by atoms with Crippen molar-refractivity contribution in [2.75, 3.05) is 25.1 Å². The molecule has 1 saturated heterocycles. The van der Waals surface area contributed by atoms with Gasteiger partial charge in [0, 0.05) is 42.8 Å². The first-order chi connectivity index (χ1) is 15.7. The van der Waals surface area contributed by atoms with E-state index in [0.29, 0.717) is 37.6 Å². The highest BCUT2D eigenvalue weighted by atomic mass is 32.1. The average molecular weight is 446 g/mol. The second kappa shape index (κ2) is 8.64. The molecule has 162 valence electrons. The van der Waals surface area contributed by atoms with Crippen LogP contribution in [-0.4, -0.2) is 45.2 Å². The van der Waals surface area contributed by atoms with Crippen LogP contribution in [0.2, 0.25) is 0 Å². The number of piperidine rings is 1. The third-order valence-corrected chi connectivity index (χ3v) is 6.73. The van der Waals surface area contributed by atoms with Crippen molar-refractivity contribution >= 4 is 17.3 Å². The summed E-state index contributed by atoms with van der Waals surface area (Å²) in [7, 11) is 1.63. The molecule has 0 amide bonds. The molecule has 0 atom stereocenters. The Morgan fingerprint density at radius 2 is 1.88 bits per heavy atom. The van der Waals surface area contributed by atoms with Crippen molar-refractivity contribution in [3.63, 3.8) is 0 Å². The number of ether oxygens (including phenoxy) is 1. The fourth-order valence-electron chi connectivity index (χ4n) is 4.13. The van der Waals surface area contributed by atoms with E-state index in [1.54, 1.807) is 37.0 Å². The molecule has 0 saturated carbocycles. The molecule has 0 radical (unpaired) electrons. The number of anilines is 1. The van der Waals surface area contributed by atoms with Gasteiger partial charge in [0.15, 0.2) is 0 Å². The van der Waals surface area contributed by atoms with Gasteiger partial charge in [0.05, 0.1) is 35.2 Å². The third-order valence-electron chi connectivity index (χ3n) is 5.85. The molecule has 0 aliphatic carbocycles. The Morgan fingerprint density at radius 1 is 1.03 bits per heavy atom. The van der Waals surface area contributed by atoms with Crippen LogP contribution in [0.25, 0.3) is 21.8 Å². The van der Waals surface area contributed by atoms with Crippen LogP contribution in [0.5, 0.6) is 5.75 Å². The van der Waals surface area contributed by atoms with Crippen LogP contribution < -0.4 is 9.64 Å². The van der Waals surface area contributed by atoms with Crippen LogP contribution in [-0.2, 0) is 5.60 Å². The fourth-order valence-corrected chi connectivity index (χ4v) is 4.85. The van der Waals surface area contributed by atoms with Crippen LogP contribution in [0.4, 0.5) is 5.95 Å². The van der Waals surface area contributed by atoms with Gasteiger partial charge in [0.25, 0.3) is 0 Å². The molecule has 0 spiro atoms. The Labute approximate surface area is 190 Å². The highest BCUT2D eigenvalue weighted by molar-refractivity contribution is 7.13. The largest absolute Gasteiger partial charge is 0.496 e. The van der Waals surface area contributed by atoms with Gasteiger partial charge in [-0.25, -0.2) is 9.97 Å². The summed E-state index contributed by atoms with van der Waals surface area (Å²) in [6.07, 6.45) is 8.00. The van der Waals surface area contributed by atoms with Gasteiger partial charge in [0.1, 0.15) is 5.75 Å². The van der Waals surface area contributed by atoms with E-state index < -0.39 is 5.60 Å². The molecule has 32 heavy (non-hydrogen) atoms. The lowest BCUT2D eigenvalue weighted by atomic mass is 9.84. The molecule has 4 heterocycles. The smallest absolute Gasteiger partial charge is 0.225 e. The predicted octanol–water partition coefficient (Wildman–Crippen LogP) is 4.16. The van der Waals surface area contributed by atoms with Gasteiger partial charge in [0.2, 0.25) is 5.95 Å². The lowest BCUT2D eigenvalue weighted by Gasteiger charge is -2.39. The Kier molecular flexibility index (Phi) is 5.55. The first-order valence-electron chi connectivity index (χ1n) is 10.5. The summed E-state index contributed by atoms with van der Waals surface area (Å²) < 4.78 is 5.48. The number of hydrogen-bond acceptors (Lipinski definition) is 8. The molecule has 7 nitrogen and oxygen atoms in total. The van der Waals surface area contributed by atoms with E-state index in [0.717, 1.165) is 27.4 Å². The number of thiophene rings is 1. The van der Waals surface area contributed by atoms with Gasteiger partial charge in [-0.3, -0.25) is 9.97 Å². The van der Waals surface area contributed by atoms with Crippen LogP contribution in [0.1, 0.15) is 18.4 Å². The quantitative estimate of drug-likeness (QED) is 0.494. The van der Waals surface area contributed by atoms with Gasteiger partial charge < -0.3 is 14.7 Å². The molecule has 1 aliphatic heterocycles. The molecule has 4 aromatic rings. The van der Waals surface area contributed by atoms with E-state index in [1.807, 2.05) is 48.0 Å². The highest BCUT2D eigenvalue weighted by Crippen LogP contribution is 2.39. The van der Waals surface area contributed by atoms with Crippen molar-refractivity contribution in [2.45, 2.75) is 18.4 Å². The lowest BCUT2D eigenvalue weighted by Crippen LogP contribution is -2.43. The zero-order chi connectivity index (χ0) is 22.0. The molecule has 5 rings (SSSR count). The molecule has 1 aliphatic rings. The van der Waals surface area contributed by atoms with E-state index in [4.69, 9.17) is 9.72 Å². The highest BCUT2D eigenvalue weighted by Gasteiger charge is 2.37. The number of aromatic nitrogens is 4. The maximum Gasteiger partial charge on any atom is 0.225 e. The number of rotatable bonds is 5. The van der Waals surface area contributed by atoms with Crippen molar-refractivity contribution in [2.24, 2.45) is 0 Å². The lowest BCUT2D eigenvalue weighted by molar-refractivity contribution is 0.00943. The Balaban J connectivity index is 1.43. The summed E-state index contributed by atoms with van der Waals surface area (Å²) in [4.78, 5) is 21.4. The van der Waals surface area contributed by atoms with Crippen LogP contribution in [0.15, 0.2) is 66.6 Å². The zero-order valence-corrected chi connectivity index (χ0v) is 18.5. The van der Waals surface area contributed by atoms with Gasteiger partial charge in [-0.2, -0.15) is 0 Å². The normalized spacial score (nSPS) is 15.5. The van der Waals surface area contributed by atoms with Crippen molar-refractivity contribution in [1.29, 1.82) is 0 Å². The second-order valence-corrected chi connectivity index (χ2v) is 8.67. The van der Waals surface area contributed by atoms with E-state index in [-0.39, 0.29) is 0 Å². The van der Waals surface area contributed by atoms with Crippen LogP contribution >= 0.6 is 11.3 Å². The Bertz CT molecular complexity index is 1190. The van der Waals surface area contributed by atoms with E-state index >= 15 is 0 Å². The molecule has 1 fully saturated rings. The maximum absolute atomic E-state index is 11.4. The maximum atomic E-state index is 11.4. The minimum atomic E-state index is -0.931. The van der Waals surface area contributed by atoms with E-state index in [9.17, 15) is 5.11 Å². The van der Waals surface area contributed by atoms with E-state index in [2.05, 4.69) is 19.9 Å². The first-order valence-corrected chi connectivity index (χ1v) is 11.3. The summed E-state index contributed by atoms with van der Waals surface area (Å²) in [6, 6.07) is 11.7.